The van der Waals surface area contributed by atoms with Gasteiger partial charge in [-0.2, -0.15) is 0 Å². The lowest BCUT2D eigenvalue weighted by Crippen LogP contribution is -1.97. The average Bonchev–Trinajstić information content (AvgIpc) is 2.54. The molecule has 0 spiro atoms. The highest BCUT2D eigenvalue weighted by Gasteiger charge is 2.15. The zero-order chi connectivity index (χ0) is 11.9. The maximum absolute atomic E-state index is 13.5. The number of ether oxygens (including phenoxy) is 1. The second kappa shape index (κ2) is 3.94. The fraction of sp³-hybridized carbons (Fsp3) is 0.364. The van der Waals surface area contributed by atoms with Crippen molar-refractivity contribution in [1.29, 1.82) is 0 Å². The number of halogens is 2. The van der Waals surface area contributed by atoms with Crippen LogP contribution in [0.15, 0.2) is 12.1 Å². The fourth-order valence-corrected chi connectivity index (χ4v) is 1.92. The van der Waals surface area contributed by atoms with E-state index in [1.807, 2.05) is 18.5 Å². The van der Waals surface area contributed by atoms with Crippen molar-refractivity contribution in [3.05, 3.63) is 23.8 Å². The second-order valence-corrected chi connectivity index (χ2v) is 4.28. The van der Waals surface area contributed by atoms with Crippen LogP contribution in [0.5, 0.6) is 5.75 Å². The number of nitrogens with zero attached hydrogens (tertiary/aromatic N) is 2. The lowest BCUT2D eigenvalue weighted by Gasteiger charge is -2.04. The molecule has 86 valence electrons. The third kappa shape index (κ3) is 1.63. The summed E-state index contributed by atoms with van der Waals surface area (Å²) in [7, 11) is 3.28. The van der Waals surface area contributed by atoms with Gasteiger partial charge in [0.25, 0.3) is 0 Å². The molecule has 5 heteroatoms. The van der Waals surface area contributed by atoms with E-state index < -0.39 is 5.82 Å². The van der Waals surface area contributed by atoms with Gasteiger partial charge in [0.15, 0.2) is 11.6 Å². The number of benzene rings is 1. The second-order valence-electron chi connectivity index (χ2n) is 3.62. The molecule has 0 aliphatic carbocycles. The van der Waals surface area contributed by atoms with Crippen LogP contribution in [0.1, 0.15) is 18.1 Å². The first-order valence-corrected chi connectivity index (χ1v) is 5.32. The normalized spacial score (nSPS) is 13.1. The smallest absolute Gasteiger partial charge is 0.167 e. The van der Waals surface area contributed by atoms with Crippen molar-refractivity contribution in [2.24, 2.45) is 7.05 Å². The van der Waals surface area contributed by atoms with Crippen molar-refractivity contribution in [1.82, 2.24) is 9.55 Å². The van der Waals surface area contributed by atoms with E-state index in [0.29, 0.717) is 11.3 Å². The first-order valence-electron chi connectivity index (χ1n) is 4.88. The number of fused-ring (bicyclic) bond motifs is 1. The van der Waals surface area contributed by atoms with Crippen molar-refractivity contribution in [3.8, 4) is 5.75 Å². The molecule has 0 fully saturated rings. The van der Waals surface area contributed by atoms with Gasteiger partial charge in [-0.3, -0.25) is 0 Å². The molecule has 1 unspecified atom stereocenters. The van der Waals surface area contributed by atoms with Crippen LogP contribution in [-0.2, 0) is 7.05 Å². The number of hydrogen-bond acceptors (Lipinski definition) is 2. The summed E-state index contributed by atoms with van der Waals surface area (Å²) in [6.45, 7) is 1.83. The van der Waals surface area contributed by atoms with Crippen LogP contribution in [0.4, 0.5) is 4.39 Å². The van der Waals surface area contributed by atoms with Gasteiger partial charge in [0.1, 0.15) is 5.82 Å². The largest absolute Gasteiger partial charge is 0.494 e. The molecule has 0 saturated carbocycles. The van der Waals surface area contributed by atoms with Gasteiger partial charge in [-0.25, -0.2) is 9.37 Å². The Morgan fingerprint density at radius 1 is 1.50 bits per heavy atom. The minimum Gasteiger partial charge on any atom is -0.494 e. The number of hydrogen-bond donors (Lipinski definition) is 0. The van der Waals surface area contributed by atoms with Gasteiger partial charge in [0.05, 0.1) is 23.5 Å². The van der Waals surface area contributed by atoms with Crippen molar-refractivity contribution < 1.29 is 9.13 Å². The van der Waals surface area contributed by atoms with Gasteiger partial charge < -0.3 is 9.30 Å². The summed E-state index contributed by atoms with van der Waals surface area (Å²) in [5, 5.41) is -0.216. The van der Waals surface area contributed by atoms with E-state index >= 15 is 0 Å². The van der Waals surface area contributed by atoms with Crippen molar-refractivity contribution in [2.45, 2.75) is 12.3 Å². The minimum atomic E-state index is -0.415. The summed E-state index contributed by atoms with van der Waals surface area (Å²) >= 11 is 5.99. The molecule has 3 nitrogen and oxygen atoms in total. The zero-order valence-corrected chi connectivity index (χ0v) is 10.0. The minimum absolute atomic E-state index is 0.212. The third-order valence-corrected chi connectivity index (χ3v) is 2.74. The van der Waals surface area contributed by atoms with E-state index in [4.69, 9.17) is 16.3 Å². The summed E-state index contributed by atoms with van der Waals surface area (Å²) < 4.78 is 20.2. The van der Waals surface area contributed by atoms with Crippen LogP contribution >= 0.6 is 11.6 Å². The number of aromatic nitrogens is 2. The molecule has 1 aromatic carbocycles. The standard InChI is InChI=1S/C11H12ClFN2O/c1-6(12)11-14-8-4-7(13)10(16-3)5-9(8)15(11)2/h4-6H,1-3H3. The van der Waals surface area contributed by atoms with E-state index in [2.05, 4.69) is 4.98 Å². The van der Waals surface area contributed by atoms with Crippen LogP contribution in [0.3, 0.4) is 0 Å². The molecule has 0 aliphatic rings. The predicted molar refractivity (Wildman–Crippen MR) is 61.5 cm³/mol. The fourth-order valence-electron chi connectivity index (χ4n) is 1.72. The Morgan fingerprint density at radius 2 is 2.19 bits per heavy atom. The van der Waals surface area contributed by atoms with Crippen molar-refractivity contribution in [3.63, 3.8) is 0 Å². The molecule has 2 aromatic rings. The Kier molecular flexibility index (Phi) is 2.76. The first kappa shape index (κ1) is 11.2. The lowest BCUT2D eigenvalue weighted by molar-refractivity contribution is 0.387. The quantitative estimate of drug-likeness (QED) is 0.757. The SMILES string of the molecule is COc1cc2c(cc1F)nc(C(C)Cl)n2C. The predicted octanol–water partition coefficient (Wildman–Crippen LogP) is 3.02. The van der Waals surface area contributed by atoms with Crippen LogP contribution in [0.25, 0.3) is 11.0 Å². The number of alkyl halides is 1. The summed E-state index contributed by atoms with van der Waals surface area (Å²) in [6.07, 6.45) is 0. The van der Waals surface area contributed by atoms with Crippen LogP contribution in [-0.4, -0.2) is 16.7 Å². The maximum atomic E-state index is 13.5. The maximum Gasteiger partial charge on any atom is 0.167 e. The Morgan fingerprint density at radius 3 is 2.75 bits per heavy atom. The van der Waals surface area contributed by atoms with Gasteiger partial charge in [-0.1, -0.05) is 0 Å². The van der Waals surface area contributed by atoms with Gasteiger partial charge in [0.2, 0.25) is 0 Å². The van der Waals surface area contributed by atoms with Gasteiger partial charge in [0, 0.05) is 19.2 Å². The molecule has 2 rings (SSSR count). The van der Waals surface area contributed by atoms with E-state index in [1.54, 1.807) is 6.07 Å². The Labute approximate surface area is 97.8 Å². The Bertz CT molecular complexity index is 536. The topological polar surface area (TPSA) is 27.1 Å². The molecular weight excluding hydrogens is 231 g/mol. The zero-order valence-electron chi connectivity index (χ0n) is 9.29. The van der Waals surface area contributed by atoms with Gasteiger partial charge in [-0.15, -0.1) is 11.6 Å². The number of methoxy groups -OCH3 is 1. The number of imidazole rings is 1. The molecule has 0 saturated heterocycles. The molecule has 1 aromatic heterocycles. The first-order chi connectivity index (χ1) is 7.54. The molecule has 0 radical (unpaired) electrons. The molecule has 0 N–H and O–H groups in total. The third-order valence-electron chi connectivity index (χ3n) is 2.54. The Balaban J connectivity index is 2.72. The summed E-state index contributed by atoms with van der Waals surface area (Å²) in [5.41, 5.74) is 1.39. The highest BCUT2D eigenvalue weighted by atomic mass is 35.5. The van der Waals surface area contributed by atoms with E-state index in [9.17, 15) is 4.39 Å². The lowest BCUT2D eigenvalue weighted by atomic mass is 10.3. The molecule has 0 bridgehead atoms. The summed E-state index contributed by atoms with van der Waals surface area (Å²) in [5.74, 6) is 0.510. The summed E-state index contributed by atoms with van der Waals surface area (Å²) in [4.78, 5) is 4.28. The average molecular weight is 243 g/mol. The van der Waals surface area contributed by atoms with Crippen molar-refractivity contribution in [2.75, 3.05) is 7.11 Å². The Hall–Kier alpha value is -1.29. The van der Waals surface area contributed by atoms with Crippen LogP contribution in [0.2, 0.25) is 0 Å². The van der Waals surface area contributed by atoms with Crippen LogP contribution < -0.4 is 4.74 Å². The molecule has 0 amide bonds. The van der Waals surface area contributed by atoms with Gasteiger partial charge in [-0.05, 0) is 6.92 Å². The van der Waals surface area contributed by atoms with E-state index in [0.717, 1.165) is 5.52 Å². The monoisotopic (exact) mass is 242 g/mol. The molecule has 16 heavy (non-hydrogen) atoms. The van der Waals surface area contributed by atoms with E-state index in [1.165, 1.54) is 13.2 Å². The van der Waals surface area contributed by atoms with Gasteiger partial charge >= 0.3 is 0 Å². The molecule has 1 heterocycles. The highest BCUT2D eigenvalue weighted by molar-refractivity contribution is 6.20. The van der Waals surface area contributed by atoms with Crippen molar-refractivity contribution >= 4 is 22.6 Å². The highest BCUT2D eigenvalue weighted by Crippen LogP contribution is 2.28. The number of rotatable bonds is 2. The summed E-state index contributed by atoms with van der Waals surface area (Å²) in [6, 6.07) is 2.98. The molecule has 0 aliphatic heterocycles. The van der Waals surface area contributed by atoms with E-state index in [-0.39, 0.29) is 11.1 Å². The number of aryl methyl sites for hydroxylation is 1. The molecule has 1 atom stereocenters. The molecular formula is C11H12ClFN2O. The van der Waals surface area contributed by atoms with Crippen LogP contribution in [0, 0.1) is 5.82 Å².